The molecule has 82 valence electrons. The Hall–Kier alpha value is -1.02. The summed E-state index contributed by atoms with van der Waals surface area (Å²) < 4.78 is 5.41. The van der Waals surface area contributed by atoms with Crippen molar-refractivity contribution in [1.29, 1.82) is 0 Å². The van der Waals surface area contributed by atoms with Crippen molar-refractivity contribution >= 4 is 0 Å². The van der Waals surface area contributed by atoms with Gasteiger partial charge in [0.25, 0.3) is 0 Å². The van der Waals surface area contributed by atoms with Gasteiger partial charge < -0.3 is 10.5 Å². The number of hydrogen-bond acceptors (Lipinski definition) is 2. The van der Waals surface area contributed by atoms with E-state index in [1.54, 1.807) is 7.11 Å². The molecule has 2 rings (SSSR count). The molecule has 1 aromatic rings. The molecular formula is C13H19NO. The van der Waals surface area contributed by atoms with Crippen molar-refractivity contribution in [2.24, 2.45) is 11.7 Å². The van der Waals surface area contributed by atoms with Crippen LogP contribution in [0.5, 0.6) is 5.75 Å². The van der Waals surface area contributed by atoms with Crippen LogP contribution in [0.2, 0.25) is 0 Å². The summed E-state index contributed by atoms with van der Waals surface area (Å²) >= 11 is 0. The average Bonchev–Trinajstić information content (AvgIpc) is 2.27. The van der Waals surface area contributed by atoms with E-state index in [-0.39, 0.29) is 0 Å². The highest BCUT2D eigenvalue weighted by molar-refractivity contribution is 5.44. The Balaban J connectivity index is 2.45. The standard InChI is InChI=1S/C13H19NO/c1-9-6-10(8-14)11-4-3-5-13(15-2)12(11)7-9/h3-5,9-10H,6-8,14H2,1-2H3. The van der Waals surface area contributed by atoms with Gasteiger partial charge in [-0.3, -0.25) is 0 Å². The van der Waals surface area contributed by atoms with Crippen molar-refractivity contribution in [3.05, 3.63) is 29.3 Å². The van der Waals surface area contributed by atoms with Gasteiger partial charge >= 0.3 is 0 Å². The van der Waals surface area contributed by atoms with Crippen LogP contribution in [0.3, 0.4) is 0 Å². The lowest BCUT2D eigenvalue weighted by molar-refractivity contribution is 0.384. The second-order valence-corrected chi connectivity index (χ2v) is 4.51. The van der Waals surface area contributed by atoms with Gasteiger partial charge in [0.05, 0.1) is 7.11 Å². The third kappa shape index (κ3) is 1.86. The maximum atomic E-state index is 5.83. The van der Waals surface area contributed by atoms with E-state index in [0.717, 1.165) is 18.7 Å². The third-order valence-electron chi connectivity index (χ3n) is 3.35. The molecule has 0 saturated carbocycles. The molecule has 1 aromatic carbocycles. The first-order valence-electron chi connectivity index (χ1n) is 5.62. The molecule has 2 heteroatoms. The summed E-state index contributed by atoms with van der Waals surface area (Å²) in [6, 6.07) is 6.31. The second-order valence-electron chi connectivity index (χ2n) is 4.51. The van der Waals surface area contributed by atoms with Crippen LogP contribution in [-0.4, -0.2) is 13.7 Å². The Morgan fingerprint density at radius 2 is 2.27 bits per heavy atom. The zero-order chi connectivity index (χ0) is 10.8. The summed E-state index contributed by atoms with van der Waals surface area (Å²) in [5.74, 6) is 2.25. The van der Waals surface area contributed by atoms with E-state index in [1.807, 2.05) is 6.07 Å². The van der Waals surface area contributed by atoms with Crippen LogP contribution in [0, 0.1) is 5.92 Å². The Labute approximate surface area is 91.4 Å². The number of benzene rings is 1. The first-order chi connectivity index (χ1) is 7.26. The van der Waals surface area contributed by atoms with E-state index >= 15 is 0 Å². The number of nitrogens with two attached hydrogens (primary N) is 1. The summed E-state index contributed by atoms with van der Waals surface area (Å²) in [5.41, 5.74) is 8.60. The number of hydrogen-bond donors (Lipinski definition) is 1. The SMILES string of the molecule is COc1cccc2c1CC(C)CC2CN. The molecule has 0 spiro atoms. The molecule has 0 bridgehead atoms. The Morgan fingerprint density at radius 1 is 1.47 bits per heavy atom. The average molecular weight is 205 g/mol. The largest absolute Gasteiger partial charge is 0.496 e. The fourth-order valence-electron chi connectivity index (χ4n) is 2.64. The maximum Gasteiger partial charge on any atom is 0.122 e. The summed E-state index contributed by atoms with van der Waals surface area (Å²) in [5, 5.41) is 0. The van der Waals surface area contributed by atoms with Crippen molar-refractivity contribution in [3.8, 4) is 5.75 Å². The highest BCUT2D eigenvalue weighted by Crippen LogP contribution is 2.38. The molecule has 1 aliphatic carbocycles. The molecule has 2 N–H and O–H groups in total. The molecule has 2 nitrogen and oxygen atoms in total. The summed E-state index contributed by atoms with van der Waals surface area (Å²) in [4.78, 5) is 0. The lowest BCUT2D eigenvalue weighted by Gasteiger charge is -2.30. The molecule has 2 unspecified atom stereocenters. The minimum Gasteiger partial charge on any atom is -0.496 e. The Kier molecular flexibility index (Phi) is 2.96. The van der Waals surface area contributed by atoms with Gasteiger partial charge in [-0.05, 0) is 48.4 Å². The van der Waals surface area contributed by atoms with E-state index in [0.29, 0.717) is 11.8 Å². The van der Waals surface area contributed by atoms with Crippen LogP contribution < -0.4 is 10.5 Å². The summed E-state index contributed by atoms with van der Waals surface area (Å²) in [6.07, 6.45) is 2.33. The van der Waals surface area contributed by atoms with Crippen LogP contribution in [0.4, 0.5) is 0 Å². The number of rotatable bonds is 2. The number of methoxy groups -OCH3 is 1. The lowest BCUT2D eigenvalue weighted by Crippen LogP contribution is -2.23. The molecule has 15 heavy (non-hydrogen) atoms. The van der Waals surface area contributed by atoms with Gasteiger partial charge in [0.15, 0.2) is 0 Å². The van der Waals surface area contributed by atoms with Crippen LogP contribution in [0.25, 0.3) is 0 Å². The molecule has 0 saturated heterocycles. The lowest BCUT2D eigenvalue weighted by atomic mass is 9.77. The number of fused-ring (bicyclic) bond motifs is 1. The van der Waals surface area contributed by atoms with Gasteiger partial charge in [-0.15, -0.1) is 0 Å². The quantitative estimate of drug-likeness (QED) is 0.804. The van der Waals surface area contributed by atoms with E-state index < -0.39 is 0 Å². The topological polar surface area (TPSA) is 35.2 Å². The first kappa shape index (κ1) is 10.5. The summed E-state index contributed by atoms with van der Waals surface area (Å²) in [6.45, 7) is 3.03. The molecule has 0 heterocycles. The zero-order valence-electron chi connectivity index (χ0n) is 9.49. The Bertz CT molecular complexity index is 348. The molecule has 0 radical (unpaired) electrons. The van der Waals surface area contributed by atoms with Gasteiger partial charge in [0.1, 0.15) is 5.75 Å². The van der Waals surface area contributed by atoms with Crippen molar-refractivity contribution < 1.29 is 4.74 Å². The summed E-state index contributed by atoms with van der Waals surface area (Å²) in [7, 11) is 1.74. The van der Waals surface area contributed by atoms with E-state index in [4.69, 9.17) is 10.5 Å². The zero-order valence-corrected chi connectivity index (χ0v) is 9.49. The van der Waals surface area contributed by atoms with Crippen LogP contribution >= 0.6 is 0 Å². The molecule has 2 atom stereocenters. The van der Waals surface area contributed by atoms with Gasteiger partial charge in [-0.2, -0.15) is 0 Å². The molecule has 0 aliphatic heterocycles. The van der Waals surface area contributed by atoms with E-state index in [1.165, 1.54) is 17.5 Å². The van der Waals surface area contributed by atoms with E-state index in [2.05, 4.69) is 19.1 Å². The molecule has 0 amide bonds. The van der Waals surface area contributed by atoms with E-state index in [9.17, 15) is 0 Å². The predicted molar refractivity (Wildman–Crippen MR) is 62.3 cm³/mol. The van der Waals surface area contributed by atoms with Gasteiger partial charge in [0, 0.05) is 0 Å². The second kappa shape index (κ2) is 4.23. The van der Waals surface area contributed by atoms with Crippen LogP contribution in [0.1, 0.15) is 30.4 Å². The highest BCUT2D eigenvalue weighted by Gasteiger charge is 2.25. The van der Waals surface area contributed by atoms with Crippen molar-refractivity contribution in [2.45, 2.75) is 25.7 Å². The van der Waals surface area contributed by atoms with Crippen molar-refractivity contribution in [1.82, 2.24) is 0 Å². The Morgan fingerprint density at radius 3 is 2.93 bits per heavy atom. The van der Waals surface area contributed by atoms with Crippen LogP contribution in [-0.2, 0) is 6.42 Å². The smallest absolute Gasteiger partial charge is 0.122 e. The normalized spacial score (nSPS) is 24.7. The fourth-order valence-corrected chi connectivity index (χ4v) is 2.64. The maximum absolute atomic E-state index is 5.83. The predicted octanol–water partition coefficient (Wildman–Crippen LogP) is 2.32. The minimum atomic E-state index is 0.513. The van der Waals surface area contributed by atoms with Crippen LogP contribution in [0.15, 0.2) is 18.2 Å². The third-order valence-corrected chi connectivity index (χ3v) is 3.35. The number of ether oxygens (including phenoxy) is 1. The highest BCUT2D eigenvalue weighted by atomic mass is 16.5. The molecule has 0 aromatic heterocycles. The fraction of sp³-hybridized carbons (Fsp3) is 0.538. The van der Waals surface area contributed by atoms with Crippen molar-refractivity contribution in [2.75, 3.05) is 13.7 Å². The van der Waals surface area contributed by atoms with Crippen molar-refractivity contribution in [3.63, 3.8) is 0 Å². The minimum absolute atomic E-state index is 0.513. The monoisotopic (exact) mass is 205 g/mol. The molecular weight excluding hydrogens is 186 g/mol. The first-order valence-corrected chi connectivity index (χ1v) is 5.62. The van der Waals surface area contributed by atoms with Gasteiger partial charge in [-0.1, -0.05) is 19.1 Å². The molecule has 1 aliphatic rings. The van der Waals surface area contributed by atoms with Gasteiger partial charge in [-0.25, -0.2) is 0 Å². The van der Waals surface area contributed by atoms with Gasteiger partial charge in [0.2, 0.25) is 0 Å². The molecule has 0 fully saturated rings.